The molecule has 0 aliphatic heterocycles. The van der Waals surface area contributed by atoms with E-state index < -0.39 is 5.78 Å². The number of nitrogens with two attached hydrogens (primary N) is 1. The SMILES string of the molecule is NCCOCCC(=O)C=O. The van der Waals surface area contributed by atoms with Crippen LogP contribution in [0.3, 0.4) is 0 Å². The topological polar surface area (TPSA) is 69.4 Å². The van der Waals surface area contributed by atoms with Gasteiger partial charge in [0.1, 0.15) is 0 Å². The highest BCUT2D eigenvalue weighted by atomic mass is 16.5. The number of hydrogen-bond donors (Lipinski definition) is 1. The van der Waals surface area contributed by atoms with Crippen molar-refractivity contribution in [3.63, 3.8) is 0 Å². The van der Waals surface area contributed by atoms with Gasteiger partial charge in [-0.15, -0.1) is 0 Å². The van der Waals surface area contributed by atoms with Crippen LogP contribution >= 0.6 is 0 Å². The molecule has 0 radical (unpaired) electrons. The highest BCUT2D eigenvalue weighted by molar-refractivity contribution is 6.24. The van der Waals surface area contributed by atoms with Crippen LogP contribution < -0.4 is 5.73 Å². The van der Waals surface area contributed by atoms with E-state index in [0.717, 1.165) is 0 Å². The maximum Gasteiger partial charge on any atom is 0.197 e. The van der Waals surface area contributed by atoms with E-state index in [4.69, 9.17) is 10.5 Å². The van der Waals surface area contributed by atoms with Gasteiger partial charge in [0.2, 0.25) is 0 Å². The summed E-state index contributed by atoms with van der Waals surface area (Å²) in [6.45, 7) is 1.16. The molecule has 0 saturated heterocycles. The maximum absolute atomic E-state index is 10.3. The Bertz CT molecular complexity index is 114. The normalized spacial score (nSPS) is 9.30. The van der Waals surface area contributed by atoms with E-state index in [-0.39, 0.29) is 13.0 Å². The molecule has 10 heavy (non-hydrogen) atoms. The molecule has 0 saturated carbocycles. The van der Waals surface area contributed by atoms with Crippen molar-refractivity contribution in [3.8, 4) is 0 Å². The molecule has 0 aromatic rings. The van der Waals surface area contributed by atoms with Crippen molar-refractivity contribution in [3.05, 3.63) is 0 Å². The predicted molar refractivity (Wildman–Crippen MR) is 35.6 cm³/mol. The molecule has 0 amide bonds. The monoisotopic (exact) mass is 145 g/mol. The molecule has 0 fully saturated rings. The van der Waals surface area contributed by atoms with Gasteiger partial charge in [0.15, 0.2) is 12.1 Å². The molecular weight excluding hydrogens is 134 g/mol. The Morgan fingerprint density at radius 3 is 2.70 bits per heavy atom. The zero-order valence-electron chi connectivity index (χ0n) is 5.71. The van der Waals surface area contributed by atoms with Gasteiger partial charge in [-0.05, 0) is 0 Å². The Morgan fingerprint density at radius 2 is 2.20 bits per heavy atom. The number of hydrogen-bond acceptors (Lipinski definition) is 4. The number of ether oxygens (including phenoxy) is 1. The molecule has 4 heteroatoms. The van der Waals surface area contributed by atoms with Crippen molar-refractivity contribution >= 4 is 12.1 Å². The lowest BCUT2D eigenvalue weighted by Crippen LogP contribution is -2.11. The minimum atomic E-state index is -0.433. The molecule has 0 aromatic carbocycles. The zero-order chi connectivity index (χ0) is 7.82. The highest BCUT2D eigenvalue weighted by Gasteiger charge is 1.96. The molecular formula is C6H11NO3. The molecule has 58 valence electrons. The number of rotatable bonds is 6. The standard InChI is InChI=1S/C6H11NO3/c7-2-4-10-3-1-6(9)5-8/h5H,1-4,7H2. The lowest BCUT2D eigenvalue weighted by Gasteiger charge is -1.97. The first kappa shape index (κ1) is 9.26. The van der Waals surface area contributed by atoms with Crippen molar-refractivity contribution in [2.75, 3.05) is 19.8 Å². The molecule has 0 spiro atoms. The van der Waals surface area contributed by atoms with Gasteiger partial charge in [0.05, 0.1) is 13.2 Å². The van der Waals surface area contributed by atoms with Gasteiger partial charge in [-0.3, -0.25) is 9.59 Å². The molecule has 0 unspecified atom stereocenters. The third-order valence-electron chi connectivity index (χ3n) is 0.886. The molecule has 4 nitrogen and oxygen atoms in total. The quantitative estimate of drug-likeness (QED) is 0.299. The van der Waals surface area contributed by atoms with E-state index in [2.05, 4.69) is 0 Å². The minimum absolute atomic E-state index is 0.156. The highest BCUT2D eigenvalue weighted by Crippen LogP contribution is 1.81. The number of ketones is 1. The van der Waals surface area contributed by atoms with E-state index in [0.29, 0.717) is 19.4 Å². The van der Waals surface area contributed by atoms with Gasteiger partial charge in [-0.1, -0.05) is 0 Å². The molecule has 0 aliphatic carbocycles. The fourth-order valence-corrected chi connectivity index (χ4v) is 0.417. The van der Waals surface area contributed by atoms with Crippen LogP contribution in [0.2, 0.25) is 0 Å². The lowest BCUT2D eigenvalue weighted by molar-refractivity contribution is -0.130. The smallest absolute Gasteiger partial charge is 0.197 e. The fraction of sp³-hybridized carbons (Fsp3) is 0.667. The first-order valence-corrected chi connectivity index (χ1v) is 3.07. The second kappa shape index (κ2) is 6.38. The van der Waals surface area contributed by atoms with Gasteiger partial charge < -0.3 is 10.5 Å². The van der Waals surface area contributed by atoms with Crippen LogP contribution in [0.25, 0.3) is 0 Å². The van der Waals surface area contributed by atoms with E-state index >= 15 is 0 Å². The number of aldehydes is 1. The second-order valence-corrected chi connectivity index (χ2v) is 1.74. The van der Waals surface area contributed by atoms with E-state index in [1.165, 1.54) is 0 Å². The average Bonchev–Trinajstić information content (AvgIpc) is 1.98. The predicted octanol–water partition coefficient (Wildman–Crippen LogP) is -0.880. The summed E-state index contributed by atoms with van der Waals surface area (Å²) in [5.74, 6) is -0.433. The van der Waals surface area contributed by atoms with Crippen LogP contribution in [-0.4, -0.2) is 31.8 Å². The van der Waals surface area contributed by atoms with Gasteiger partial charge >= 0.3 is 0 Å². The molecule has 0 rings (SSSR count). The summed E-state index contributed by atoms with van der Waals surface area (Å²) in [4.78, 5) is 20.0. The lowest BCUT2D eigenvalue weighted by atomic mass is 10.3. The largest absolute Gasteiger partial charge is 0.380 e. The van der Waals surface area contributed by atoms with Crippen molar-refractivity contribution in [1.82, 2.24) is 0 Å². The van der Waals surface area contributed by atoms with E-state index in [1.807, 2.05) is 0 Å². The van der Waals surface area contributed by atoms with Crippen molar-refractivity contribution in [2.45, 2.75) is 6.42 Å². The molecule has 2 N–H and O–H groups in total. The summed E-state index contributed by atoms with van der Waals surface area (Å²) >= 11 is 0. The number of carbonyl (C=O) groups excluding carboxylic acids is 2. The van der Waals surface area contributed by atoms with Crippen molar-refractivity contribution in [1.29, 1.82) is 0 Å². The van der Waals surface area contributed by atoms with Crippen molar-refractivity contribution < 1.29 is 14.3 Å². The van der Waals surface area contributed by atoms with Crippen LogP contribution in [0.4, 0.5) is 0 Å². The van der Waals surface area contributed by atoms with E-state index in [9.17, 15) is 9.59 Å². The first-order valence-electron chi connectivity index (χ1n) is 3.07. The third-order valence-corrected chi connectivity index (χ3v) is 0.886. The average molecular weight is 145 g/mol. The van der Waals surface area contributed by atoms with E-state index in [1.54, 1.807) is 0 Å². The molecule has 0 heterocycles. The summed E-state index contributed by atoms with van der Waals surface area (Å²) in [6, 6.07) is 0. The van der Waals surface area contributed by atoms with Crippen LogP contribution in [0.1, 0.15) is 6.42 Å². The van der Waals surface area contributed by atoms with Crippen molar-refractivity contribution in [2.24, 2.45) is 5.73 Å². The fourth-order valence-electron chi connectivity index (χ4n) is 0.417. The molecule has 0 aromatic heterocycles. The van der Waals surface area contributed by atoms with Gasteiger partial charge in [0, 0.05) is 13.0 Å². The summed E-state index contributed by atoms with van der Waals surface area (Å²) in [6.07, 6.45) is 0.454. The maximum atomic E-state index is 10.3. The number of Topliss-reactive ketones (excluding diaryl/α,β-unsaturated/α-hetero) is 1. The molecule has 0 bridgehead atoms. The van der Waals surface area contributed by atoms with Gasteiger partial charge in [-0.25, -0.2) is 0 Å². The summed E-state index contributed by atoms with van der Waals surface area (Å²) in [5, 5.41) is 0. The zero-order valence-corrected chi connectivity index (χ0v) is 5.71. The summed E-state index contributed by atoms with van der Waals surface area (Å²) in [7, 11) is 0. The van der Waals surface area contributed by atoms with Crippen LogP contribution in [0.15, 0.2) is 0 Å². The third kappa shape index (κ3) is 5.40. The summed E-state index contributed by atoms with van der Waals surface area (Å²) in [5.41, 5.74) is 5.10. The minimum Gasteiger partial charge on any atom is -0.380 e. The van der Waals surface area contributed by atoms with Crippen LogP contribution in [0, 0.1) is 0 Å². The Labute approximate surface area is 59.3 Å². The molecule has 0 atom stereocenters. The van der Waals surface area contributed by atoms with Crippen LogP contribution in [-0.2, 0) is 14.3 Å². The number of carbonyl (C=O) groups is 2. The summed E-state index contributed by atoms with van der Waals surface area (Å²) < 4.78 is 4.85. The Balaban J connectivity index is 3.03. The Kier molecular flexibility index (Phi) is 5.91. The first-order chi connectivity index (χ1) is 4.81. The van der Waals surface area contributed by atoms with Gasteiger partial charge in [0.25, 0.3) is 0 Å². The Hall–Kier alpha value is -0.740. The van der Waals surface area contributed by atoms with Gasteiger partial charge in [-0.2, -0.15) is 0 Å². The Morgan fingerprint density at radius 1 is 1.50 bits per heavy atom. The molecule has 0 aliphatic rings. The second-order valence-electron chi connectivity index (χ2n) is 1.74. The van der Waals surface area contributed by atoms with Crippen LogP contribution in [0.5, 0.6) is 0 Å².